The predicted octanol–water partition coefficient (Wildman–Crippen LogP) is 1.27. The van der Waals surface area contributed by atoms with Gasteiger partial charge in [0.1, 0.15) is 16.0 Å². The molecule has 0 atom stereocenters. The fraction of sp³-hybridized carbons (Fsp3) is 0.400. The van der Waals surface area contributed by atoms with Crippen LogP contribution in [0.3, 0.4) is 0 Å². The molecule has 2 aromatic rings. The molecule has 0 aliphatic carbocycles. The molecule has 0 radical (unpaired) electrons. The smallest absolute Gasteiger partial charge is 0.282 e. The van der Waals surface area contributed by atoms with Crippen LogP contribution in [-0.2, 0) is 7.05 Å². The van der Waals surface area contributed by atoms with Gasteiger partial charge in [0, 0.05) is 45.5 Å². The van der Waals surface area contributed by atoms with Crippen LogP contribution in [0.4, 0.5) is 11.5 Å². The molecule has 0 unspecified atom stereocenters. The van der Waals surface area contributed by atoms with Crippen LogP contribution in [0.1, 0.15) is 0 Å². The van der Waals surface area contributed by atoms with Crippen LogP contribution < -0.4 is 20.1 Å². The number of hydrogen-bond donors (Lipinski definition) is 0. The number of pyridine rings is 1. The Morgan fingerprint density at radius 1 is 1.22 bits per heavy atom. The van der Waals surface area contributed by atoms with E-state index >= 15 is 0 Å². The van der Waals surface area contributed by atoms with Gasteiger partial charge in [0.15, 0.2) is 0 Å². The molecule has 0 saturated carbocycles. The zero-order chi connectivity index (χ0) is 16.4. The van der Waals surface area contributed by atoms with E-state index in [1.54, 1.807) is 26.6 Å². The molecule has 2 aromatic heterocycles. The number of ether oxygens (including phenoxy) is 1. The molecule has 0 N–H and O–H groups in total. The normalized spacial score (nSPS) is 14.9. The minimum Gasteiger partial charge on any atom is -0.497 e. The molecule has 1 aliphatic heterocycles. The quantitative estimate of drug-likeness (QED) is 0.800. The van der Waals surface area contributed by atoms with Crippen LogP contribution in [0.25, 0.3) is 0 Å². The van der Waals surface area contributed by atoms with E-state index in [-0.39, 0.29) is 5.56 Å². The second-order valence-electron chi connectivity index (χ2n) is 5.30. The van der Waals surface area contributed by atoms with E-state index in [9.17, 15) is 4.79 Å². The van der Waals surface area contributed by atoms with E-state index in [0.717, 1.165) is 43.4 Å². The first kappa shape index (κ1) is 15.8. The number of nitrogens with zero attached hydrogens (tertiary/aromatic N) is 5. The summed E-state index contributed by atoms with van der Waals surface area (Å²) in [7, 11) is 3.29. The molecule has 1 aliphatic rings. The van der Waals surface area contributed by atoms with Gasteiger partial charge in [-0.05, 0) is 22.0 Å². The van der Waals surface area contributed by atoms with Gasteiger partial charge in [-0.25, -0.2) is 9.67 Å². The third kappa shape index (κ3) is 3.17. The summed E-state index contributed by atoms with van der Waals surface area (Å²) in [4.78, 5) is 20.8. The summed E-state index contributed by atoms with van der Waals surface area (Å²) in [6, 6.07) is 3.77. The minimum absolute atomic E-state index is 0.126. The molecule has 0 amide bonds. The van der Waals surface area contributed by atoms with Gasteiger partial charge in [0.2, 0.25) is 0 Å². The number of anilines is 2. The van der Waals surface area contributed by atoms with Gasteiger partial charge in [0.25, 0.3) is 5.56 Å². The first-order valence-corrected chi connectivity index (χ1v) is 8.11. The first-order valence-electron chi connectivity index (χ1n) is 7.32. The van der Waals surface area contributed by atoms with Gasteiger partial charge in [-0.15, -0.1) is 0 Å². The molecule has 23 heavy (non-hydrogen) atoms. The summed E-state index contributed by atoms with van der Waals surface area (Å²) in [5.74, 6) is 1.71. The molecule has 0 aromatic carbocycles. The average Bonchev–Trinajstić information content (AvgIpc) is 2.60. The van der Waals surface area contributed by atoms with E-state index in [1.165, 1.54) is 4.68 Å². The van der Waals surface area contributed by atoms with Gasteiger partial charge in [0.05, 0.1) is 19.0 Å². The van der Waals surface area contributed by atoms with Crippen molar-refractivity contribution in [2.45, 2.75) is 0 Å². The van der Waals surface area contributed by atoms with Gasteiger partial charge < -0.3 is 14.5 Å². The Kier molecular flexibility index (Phi) is 4.51. The largest absolute Gasteiger partial charge is 0.497 e. The highest BCUT2D eigenvalue weighted by Crippen LogP contribution is 2.25. The van der Waals surface area contributed by atoms with Gasteiger partial charge >= 0.3 is 0 Å². The van der Waals surface area contributed by atoms with Gasteiger partial charge in [-0.3, -0.25) is 4.79 Å². The Bertz CT molecular complexity index is 756. The van der Waals surface area contributed by atoms with Crippen molar-refractivity contribution < 1.29 is 4.74 Å². The maximum Gasteiger partial charge on any atom is 0.282 e. The lowest BCUT2D eigenvalue weighted by Crippen LogP contribution is -2.47. The average molecular weight is 380 g/mol. The highest BCUT2D eigenvalue weighted by atomic mass is 79.9. The molecule has 8 heteroatoms. The maximum absolute atomic E-state index is 12.0. The fourth-order valence-electron chi connectivity index (χ4n) is 2.60. The van der Waals surface area contributed by atoms with Crippen LogP contribution in [0.2, 0.25) is 0 Å². The minimum atomic E-state index is -0.126. The number of methoxy groups -OCH3 is 1. The number of rotatable bonds is 3. The molecular weight excluding hydrogens is 362 g/mol. The summed E-state index contributed by atoms with van der Waals surface area (Å²) in [6.45, 7) is 3.24. The molecule has 7 nitrogen and oxygen atoms in total. The summed E-state index contributed by atoms with van der Waals surface area (Å²) >= 11 is 3.39. The lowest BCUT2D eigenvalue weighted by Gasteiger charge is -2.36. The fourth-order valence-corrected chi connectivity index (χ4v) is 3.21. The summed E-state index contributed by atoms with van der Waals surface area (Å²) in [5.41, 5.74) is 0.714. The molecule has 0 spiro atoms. The van der Waals surface area contributed by atoms with Gasteiger partial charge in [-0.1, -0.05) is 0 Å². The number of hydrogen-bond acceptors (Lipinski definition) is 6. The molecule has 1 saturated heterocycles. The Hall–Kier alpha value is -2.09. The summed E-state index contributed by atoms with van der Waals surface area (Å²) in [6.07, 6.45) is 3.48. The van der Waals surface area contributed by atoms with Crippen LogP contribution >= 0.6 is 15.9 Å². The Labute approximate surface area is 142 Å². The van der Waals surface area contributed by atoms with Crippen LogP contribution in [0.5, 0.6) is 5.75 Å². The van der Waals surface area contributed by atoms with E-state index < -0.39 is 0 Å². The highest BCUT2D eigenvalue weighted by Gasteiger charge is 2.21. The van der Waals surface area contributed by atoms with Gasteiger partial charge in [-0.2, -0.15) is 5.10 Å². The number of piperazine rings is 1. The van der Waals surface area contributed by atoms with Crippen molar-refractivity contribution in [2.24, 2.45) is 7.05 Å². The van der Waals surface area contributed by atoms with Crippen molar-refractivity contribution in [3.8, 4) is 5.75 Å². The Morgan fingerprint density at radius 3 is 2.61 bits per heavy atom. The van der Waals surface area contributed by atoms with Crippen molar-refractivity contribution in [2.75, 3.05) is 43.1 Å². The van der Waals surface area contributed by atoms with Crippen molar-refractivity contribution in [3.05, 3.63) is 39.4 Å². The van der Waals surface area contributed by atoms with E-state index in [2.05, 4.69) is 35.8 Å². The lowest BCUT2D eigenvalue weighted by atomic mass is 10.2. The number of aryl methyl sites for hydroxylation is 1. The van der Waals surface area contributed by atoms with Crippen LogP contribution in [-0.4, -0.2) is 48.1 Å². The zero-order valence-electron chi connectivity index (χ0n) is 13.1. The Morgan fingerprint density at radius 2 is 1.91 bits per heavy atom. The van der Waals surface area contributed by atoms with E-state index in [0.29, 0.717) is 4.47 Å². The SMILES string of the molecule is COc1ccnc(N2CCN(c3cnn(C)c(=O)c3Br)CC2)c1. The predicted molar refractivity (Wildman–Crippen MR) is 92.4 cm³/mol. The van der Waals surface area contributed by atoms with Crippen molar-refractivity contribution in [1.29, 1.82) is 0 Å². The van der Waals surface area contributed by atoms with Crippen LogP contribution in [0, 0.1) is 0 Å². The second kappa shape index (κ2) is 6.57. The molecule has 3 rings (SSSR count). The lowest BCUT2D eigenvalue weighted by molar-refractivity contribution is 0.414. The third-order valence-corrected chi connectivity index (χ3v) is 4.70. The first-order chi connectivity index (χ1) is 11.1. The molecule has 3 heterocycles. The van der Waals surface area contributed by atoms with Crippen molar-refractivity contribution in [1.82, 2.24) is 14.8 Å². The van der Waals surface area contributed by atoms with Crippen molar-refractivity contribution in [3.63, 3.8) is 0 Å². The van der Waals surface area contributed by atoms with Crippen molar-refractivity contribution >= 4 is 27.4 Å². The third-order valence-electron chi connectivity index (χ3n) is 3.96. The second-order valence-corrected chi connectivity index (χ2v) is 6.09. The number of aromatic nitrogens is 3. The highest BCUT2D eigenvalue weighted by molar-refractivity contribution is 9.10. The molecule has 1 fully saturated rings. The van der Waals surface area contributed by atoms with E-state index in [4.69, 9.17) is 4.74 Å². The topological polar surface area (TPSA) is 63.5 Å². The standard InChI is InChI=1S/C15H18BrN5O2/c1-19-15(22)14(16)12(10-18-19)20-5-7-21(8-6-20)13-9-11(23-2)3-4-17-13/h3-4,9-10H,5-8H2,1-2H3. The molecular formula is C15H18BrN5O2. The molecule has 122 valence electrons. The molecule has 0 bridgehead atoms. The Balaban J connectivity index is 1.73. The number of halogens is 1. The zero-order valence-corrected chi connectivity index (χ0v) is 14.7. The summed E-state index contributed by atoms with van der Waals surface area (Å²) in [5, 5.41) is 4.10. The maximum atomic E-state index is 12.0. The van der Waals surface area contributed by atoms with Crippen LogP contribution in [0.15, 0.2) is 33.8 Å². The summed E-state index contributed by atoms with van der Waals surface area (Å²) < 4.78 is 7.13. The van der Waals surface area contributed by atoms with E-state index in [1.807, 2.05) is 12.1 Å². The monoisotopic (exact) mass is 379 g/mol.